The molecule has 1 aromatic heterocycles. The molecule has 1 rings (SSSR count). The van der Waals surface area contributed by atoms with Crippen molar-refractivity contribution in [1.29, 1.82) is 0 Å². The number of nitrogens with one attached hydrogen (secondary N) is 1. The van der Waals surface area contributed by atoms with Gasteiger partial charge in [-0.1, -0.05) is 6.42 Å². The molecule has 6 nitrogen and oxygen atoms in total. The minimum atomic E-state index is -0.772. The lowest BCUT2D eigenvalue weighted by molar-refractivity contribution is -0.137. The van der Waals surface area contributed by atoms with Gasteiger partial charge in [-0.25, -0.2) is 0 Å². The summed E-state index contributed by atoms with van der Waals surface area (Å²) in [5, 5.41) is 15.5. The Morgan fingerprint density at radius 3 is 2.60 bits per heavy atom. The molecule has 0 bridgehead atoms. The third-order valence-electron chi connectivity index (χ3n) is 3.13. The Balaban J connectivity index is 2.35. The molecule has 0 aliphatic rings. The fourth-order valence-electron chi connectivity index (χ4n) is 2.04. The van der Waals surface area contributed by atoms with Crippen LogP contribution in [0.5, 0.6) is 0 Å². The Labute approximate surface area is 119 Å². The van der Waals surface area contributed by atoms with Crippen LogP contribution in [0.4, 0.5) is 0 Å². The smallest absolute Gasteiger partial charge is 0.303 e. The van der Waals surface area contributed by atoms with Crippen LogP contribution in [0, 0.1) is 6.92 Å². The topological polar surface area (TPSA) is 84.2 Å². The molecule has 20 heavy (non-hydrogen) atoms. The van der Waals surface area contributed by atoms with Crippen molar-refractivity contribution in [3.8, 4) is 0 Å². The Kier molecular flexibility index (Phi) is 6.21. The van der Waals surface area contributed by atoms with Crippen molar-refractivity contribution in [2.45, 2.75) is 52.5 Å². The van der Waals surface area contributed by atoms with E-state index in [1.54, 1.807) is 6.20 Å². The number of amides is 1. The summed E-state index contributed by atoms with van der Waals surface area (Å²) < 4.78 is 1.82. The van der Waals surface area contributed by atoms with Crippen molar-refractivity contribution in [1.82, 2.24) is 15.1 Å². The van der Waals surface area contributed by atoms with E-state index < -0.39 is 5.97 Å². The SMILES string of the molecule is Cc1c(C(=O)NCCCCCC(=O)O)cnn1C(C)C. The highest BCUT2D eigenvalue weighted by Crippen LogP contribution is 2.12. The van der Waals surface area contributed by atoms with Gasteiger partial charge in [0.15, 0.2) is 0 Å². The summed E-state index contributed by atoms with van der Waals surface area (Å²) >= 11 is 0. The molecule has 0 saturated carbocycles. The van der Waals surface area contributed by atoms with Gasteiger partial charge in [0, 0.05) is 24.7 Å². The number of hydrogen-bond acceptors (Lipinski definition) is 3. The average molecular weight is 281 g/mol. The summed E-state index contributed by atoms with van der Waals surface area (Å²) in [7, 11) is 0. The first kappa shape index (κ1) is 16.2. The second-order valence-corrected chi connectivity index (χ2v) is 5.14. The molecule has 0 atom stereocenters. The first-order valence-electron chi connectivity index (χ1n) is 6.97. The summed E-state index contributed by atoms with van der Waals surface area (Å²) in [6.07, 6.45) is 4.02. The summed E-state index contributed by atoms with van der Waals surface area (Å²) in [5.41, 5.74) is 1.47. The molecule has 0 saturated heterocycles. The molecule has 0 unspecified atom stereocenters. The van der Waals surface area contributed by atoms with E-state index in [4.69, 9.17) is 5.11 Å². The lowest BCUT2D eigenvalue weighted by Crippen LogP contribution is -2.25. The van der Waals surface area contributed by atoms with Gasteiger partial charge in [0.1, 0.15) is 0 Å². The summed E-state index contributed by atoms with van der Waals surface area (Å²) in [6, 6.07) is 0.229. The molecule has 0 aromatic carbocycles. The predicted molar refractivity (Wildman–Crippen MR) is 75.8 cm³/mol. The van der Waals surface area contributed by atoms with Crippen molar-refractivity contribution >= 4 is 11.9 Å². The van der Waals surface area contributed by atoms with Crippen LogP contribution in [0.15, 0.2) is 6.20 Å². The van der Waals surface area contributed by atoms with E-state index in [2.05, 4.69) is 10.4 Å². The lowest BCUT2D eigenvalue weighted by atomic mass is 10.2. The minimum Gasteiger partial charge on any atom is -0.481 e. The number of carboxylic acid groups (broad SMARTS) is 1. The normalized spacial score (nSPS) is 10.8. The van der Waals surface area contributed by atoms with Crippen LogP contribution in [0.2, 0.25) is 0 Å². The number of carbonyl (C=O) groups excluding carboxylic acids is 1. The predicted octanol–water partition coefficient (Wildman–Crippen LogP) is 2.15. The van der Waals surface area contributed by atoms with Crippen LogP contribution in [0.25, 0.3) is 0 Å². The van der Waals surface area contributed by atoms with E-state index in [1.807, 2.05) is 25.5 Å². The van der Waals surface area contributed by atoms with Crippen molar-refractivity contribution in [3.05, 3.63) is 17.5 Å². The molecule has 1 heterocycles. The van der Waals surface area contributed by atoms with Crippen LogP contribution in [-0.2, 0) is 4.79 Å². The van der Waals surface area contributed by atoms with Crippen molar-refractivity contribution in [2.75, 3.05) is 6.54 Å². The van der Waals surface area contributed by atoms with Gasteiger partial charge >= 0.3 is 5.97 Å². The Bertz CT molecular complexity index is 466. The zero-order valence-electron chi connectivity index (χ0n) is 12.3. The van der Waals surface area contributed by atoms with E-state index in [1.165, 1.54) is 0 Å². The van der Waals surface area contributed by atoms with Crippen molar-refractivity contribution in [2.24, 2.45) is 0 Å². The number of rotatable bonds is 8. The molecule has 0 radical (unpaired) electrons. The Hall–Kier alpha value is -1.85. The van der Waals surface area contributed by atoms with Gasteiger partial charge in [-0.05, 0) is 33.6 Å². The van der Waals surface area contributed by atoms with Gasteiger partial charge in [-0.3, -0.25) is 14.3 Å². The number of aromatic nitrogens is 2. The first-order chi connectivity index (χ1) is 9.43. The standard InChI is InChI=1S/C14H23N3O3/c1-10(2)17-11(3)12(9-16-17)14(20)15-8-6-4-5-7-13(18)19/h9-10H,4-8H2,1-3H3,(H,15,20)(H,18,19). The average Bonchev–Trinajstić information content (AvgIpc) is 2.75. The second kappa shape index (κ2) is 7.67. The molecule has 1 amide bonds. The van der Waals surface area contributed by atoms with Gasteiger partial charge in [0.05, 0.1) is 11.8 Å². The van der Waals surface area contributed by atoms with Crippen LogP contribution >= 0.6 is 0 Å². The third-order valence-corrected chi connectivity index (χ3v) is 3.13. The molecule has 0 aliphatic carbocycles. The number of aliphatic carboxylic acids is 1. The molecule has 0 fully saturated rings. The summed E-state index contributed by atoms with van der Waals surface area (Å²) in [5.74, 6) is -0.890. The van der Waals surface area contributed by atoms with E-state index in [0.717, 1.165) is 18.5 Å². The van der Waals surface area contributed by atoms with Crippen molar-refractivity contribution < 1.29 is 14.7 Å². The minimum absolute atomic E-state index is 0.118. The molecular weight excluding hydrogens is 258 g/mol. The molecule has 0 spiro atoms. The second-order valence-electron chi connectivity index (χ2n) is 5.14. The zero-order valence-corrected chi connectivity index (χ0v) is 12.3. The number of carbonyl (C=O) groups is 2. The fourth-order valence-corrected chi connectivity index (χ4v) is 2.04. The van der Waals surface area contributed by atoms with Gasteiger partial charge in [0.2, 0.25) is 0 Å². The van der Waals surface area contributed by atoms with Crippen LogP contribution in [0.1, 0.15) is 61.6 Å². The molecule has 112 valence electrons. The maximum absolute atomic E-state index is 12.0. The van der Waals surface area contributed by atoms with Gasteiger partial charge in [0.25, 0.3) is 5.91 Å². The fraction of sp³-hybridized carbons (Fsp3) is 0.643. The quantitative estimate of drug-likeness (QED) is 0.715. The lowest BCUT2D eigenvalue weighted by Gasteiger charge is -2.09. The van der Waals surface area contributed by atoms with Gasteiger partial charge in [-0.2, -0.15) is 5.10 Å². The van der Waals surface area contributed by atoms with Crippen LogP contribution in [-0.4, -0.2) is 33.3 Å². The number of unbranched alkanes of at least 4 members (excludes halogenated alkanes) is 2. The first-order valence-corrected chi connectivity index (χ1v) is 6.97. The number of nitrogens with zero attached hydrogens (tertiary/aromatic N) is 2. The summed E-state index contributed by atoms with van der Waals surface area (Å²) in [6.45, 7) is 6.48. The molecule has 2 N–H and O–H groups in total. The van der Waals surface area contributed by atoms with Crippen LogP contribution < -0.4 is 5.32 Å². The maximum atomic E-state index is 12.0. The van der Waals surface area contributed by atoms with Gasteiger partial charge in [-0.15, -0.1) is 0 Å². The van der Waals surface area contributed by atoms with E-state index in [0.29, 0.717) is 18.5 Å². The van der Waals surface area contributed by atoms with Crippen LogP contribution in [0.3, 0.4) is 0 Å². The maximum Gasteiger partial charge on any atom is 0.303 e. The third kappa shape index (κ3) is 4.68. The highest BCUT2D eigenvalue weighted by atomic mass is 16.4. The summed E-state index contributed by atoms with van der Waals surface area (Å²) in [4.78, 5) is 22.3. The zero-order chi connectivity index (χ0) is 15.1. The highest BCUT2D eigenvalue weighted by molar-refractivity contribution is 5.95. The van der Waals surface area contributed by atoms with E-state index in [9.17, 15) is 9.59 Å². The van der Waals surface area contributed by atoms with Gasteiger partial charge < -0.3 is 10.4 Å². The number of carboxylic acids is 1. The Morgan fingerprint density at radius 1 is 1.35 bits per heavy atom. The largest absolute Gasteiger partial charge is 0.481 e. The molecule has 6 heteroatoms. The molecular formula is C14H23N3O3. The van der Waals surface area contributed by atoms with E-state index in [-0.39, 0.29) is 18.4 Å². The molecule has 1 aromatic rings. The van der Waals surface area contributed by atoms with Crippen molar-refractivity contribution in [3.63, 3.8) is 0 Å². The monoisotopic (exact) mass is 281 g/mol. The van der Waals surface area contributed by atoms with E-state index >= 15 is 0 Å². The molecule has 0 aliphatic heterocycles. The number of hydrogen-bond donors (Lipinski definition) is 2. The Morgan fingerprint density at radius 2 is 2.05 bits per heavy atom. The highest BCUT2D eigenvalue weighted by Gasteiger charge is 2.14.